The van der Waals surface area contributed by atoms with Crippen LogP contribution in [-0.4, -0.2) is 32.3 Å². The van der Waals surface area contributed by atoms with Crippen molar-refractivity contribution in [3.05, 3.63) is 89.7 Å². The molecule has 0 fully saturated rings. The van der Waals surface area contributed by atoms with Gasteiger partial charge >= 0.3 is 0 Å². The Morgan fingerprint density at radius 1 is 0.938 bits per heavy atom. The zero-order valence-corrected chi connectivity index (χ0v) is 18.4. The van der Waals surface area contributed by atoms with Crippen molar-refractivity contribution in [2.75, 3.05) is 12.4 Å². The topological polar surface area (TPSA) is 117 Å². The van der Waals surface area contributed by atoms with Crippen molar-refractivity contribution in [3.8, 4) is 0 Å². The summed E-state index contributed by atoms with van der Waals surface area (Å²) in [4.78, 5) is 28.6. The zero-order chi connectivity index (χ0) is 23.0. The van der Waals surface area contributed by atoms with Crippen LogP contribution in [0.1, 0.15) is 27.9 Å². The zero-order valence-electron chi connectivity index (χ0n) is 17.5. The van der Waals surface area contributed by atoms with Crippen molar-refractivity contribution in [2.24, 2.45) is 0 Å². The molecule has 0 saturated carbocycles. The van der Waals surface area contributed by atoms with Gasteiger partial charge in [-0.2, -0.15) is 0 Å². The van der Waals surface area contributed by atoms with E-state index in [0.29, 0.717) is 24.2 Å². The van der Waals surface area contributed by atoms with E-state index < -0.39 is 10.0 Å². The average molecular weight is 453 g/mol. The smallest absolute Gasteiger partial charge is 0.255 e. The Balaban J connectivity index is 1.49. The Morgan fingerprint density at radius 3 is 2.34 bits per heavy atom. The monoisotopic (exact) mass is 452 g/mol. The molecule has 2 amide bonds. The fourth-order valence-corrected chi connectivity index (χ4v) is 3.70. The van der Waals surface area contributed by atoms with Crippen molar-refractivity contribution in [2.45, 2.75) is 24.3 Å². The minimum Gasteiger partial charge on any atom is -0.352 e. The fraction of sp³-hybridized carbons (Fsp3) is 0.174. The normalized spacial score (nSPS) is 11.0. The lowest BCUT2D eigenvalue weighted by Crippen LogP contribution is -2.23. The number of aryl methyl sites for hydroxylation is 1. The van der Waals surface area contributed by atoms with E-state index in [-0.39, 0.29) is 23.1 Å². The van der Waals surface area contributed by atoms with E-state index in [0.717, 1.165) is 11.1 Å². The molecule has 8 nitrogen and oxygen atoms in total. The predicted octanol–water partition coefficient (Wildman–Crippen LogP) is 2.49. The van der Waals surface area contributed by atoms with Crippen LogP contribution in [0.4, 0.5) is 5.69 Å². The van der Waals surface area contributed by atoms with Gasteiger partial charge in [-0.05, 0) is 61.0 Å². The molecule has 2 aromatic carbocycles. The van der Waals surface area contributed by atoms with E-state index in [1.54, 1.807) is 48.8 Å². The van der Waals surface area contributed by atoms with Crippen LogP contribution in [0.5, 0.6) is 0 Å². The molecule has 0 atom stereocenters. The summed E-state index contributed by atoms with van der Waals surface area (Å²) in [5.74, 6) is -0.356. The SMILES string of the molecule is CNS(=O)(=O)c1ccc(CCC(=O)NCc2cccc(NC(=O)c3ccncc3)c2)cc1. The molecule has 0 radical (unpaired) electrons. The highest BCUT2D eigenvalue weighted by molar-refractivity contribution is 7.89. The number of nitrogens with zero attached hydrogens (tertiary/aromatic N) is 1. The molecule has 3 N–H and O–H groups in total. The Labute approximate surface area is 187 Å². The Kier molecular flexibility index (Phi) is 7.69. The number of nitrogens with one attached hydrogen (secondary N) is 3. The minimum absolute atomic E-state index is 0.122. The Morgan fingerprint density at radius 2 is 1.66 bits per heavy atom. The molecule has 3 aromatic rings. The van der Waals surface area contributed by atoms with Crippen molar-refractivity contribution in [1.29, 1.82) is 0 Å². The van der Waals surface area contributed by atoms with Gasteiger partial charge in [0, 0.05) is 36.6 Å². The maximum absolute atomic E-state index is 12.3. The van der Waals surface area contributed by atoms with E-state index in [9.17, 15) is 18.0 Å². The lowest BCUT2D eigenvalue weighted by Gasteiger charge is -2.09. The average Bonchev–Trinajstić information content (AvgIpc) is 2.82. The molecular weight excluding hydrogens is 428 g/mol. The lowest BCUT2D eigenvalue weighted by molar-refractivity contribution is -0.121. The molecule has 3 rings (SSSR count). The molecule has 1 aromatic heterocycles. The Bertz CT molecular complexity index is 1180. The van der Waals surface area contributed by atoms with Gasteiger partial charge in [0.25, 0.3) is 5.91 Å². The van der Waals surface area contributed by atoms with Gasteiger partial charge in [0.05, 0.1) is 4.90 Å². The molecule has 0 unspecified atom stereocenters. The number of aromatic nitrogens is 1. The summed E-state index contributed by atoms with van der Waals surface area (Å²) in [6.45, 7) is 0.331. The van der Waals surface area contributed by atoms with Gasteiger partial charge in [-0.25, -0.2) is 13.1 Å². The number of carbonyl (C=O) groups is 2. The summed E-state index contributed by atoms with van der Waals surface area (Å²) in [5, 5.41) is 5.69. The number of anilines is 1. The van der Waals surface area contributed by atoms with Gasteiger partial charge in [0.2, 0.25) is 15.9 Å². The number of sulfonamides is 1. The summed E-state index contributed by atoms with van der Waals surface area (Å²) >= 11 is 0. The second-order valence-electron chi connectivity index (χ2n) is 7.02. The quantitative estimate of drug-likeness (QED) is 0.461. The lowest BCUT2D eigenvalue weighted by atomic mass is 10.1. The van der Waals surface area contributed by atoms with Crippen molar-refractivity contribution in [3.63, 3.8) is 0 Å². The Hall–Kier alpha value is -3.56. The molecular formula is C23H24N4O4S. The van der Waals surface area contributed by atoms with Gasteiger partial charge in [-0.3, -0.25) is 14.6 Å². The first-order valence-corrected chi connectivity index (χ1v) is 11.5. The number of hydrogen-bond acceptors (Lipinski definition) is 5. The van der Waals surface area contributed by atoms with Gasteiger partial charge < -0.3 is 10.6 Å². The highest BCUT2D eigenvalue weighted by Crippen LogP contribution is 2.13. The molecule has 32 heavy (non-hydrogen) atoms. The van der Waals surface area contributed by atoms with Crippen molar-refractivity contribution >= 4 is 27.5 Å². The van der Waals surface area contributed by atoms with Crippen LogP contribution < -0.4 is 15.4 Å². The third-order valence-corrected chi connectivity index (χ3v) is 6.19. The third-order valence-electron chi connectivity index (χ3n) is 4.76. The fourth-order valence-electron chi connectivity index (χ4n) is 2.97. The standard InChI is InChI=1S/C23H24N4O4S/c1-24-32(30,31)21-8-5-17(6-9-21)7-10-22(28)26-16-18-3-2-4-20(15-18)27-23(29)19-11-13-25-14-12-19/h2-6,8-9,11-15,24H,7,10,16H2,1H3,(H,26,28)(H,27,29). The molecule has 0 spiro atoms. The van der Waals surface area contributed by atoms with Gasteiger partial charge in [-0.15, -0.1) is 0 Å². The van der Waals surface area contributed by atoms with Crippen LogP contribution in [0.15, 0.2) is 78.0 Å². The van der Waals surface area contributed by atoms with Crippen molar-refractivity contribution in [1.82, 2.24) is 15.0 Å². The molecule has 166 valence electrons. The van der Waals surface area contributed by atoms with E-state index >= 15 is 0 Å². The summed E-state index contributed by atoms with van der Waals surface area (Å²) in [6, 6.07) is 17.0. The molecule has 0 bridgehead atoms. The summed E-state index contributed by atoms with van der Waals surface area (Å²) in [6.07, 6.45) is 3.88. The summed E-state index contributed by atoms with van der Waals surface area (Å²) in [5.41, 5.74) is 2.87. The van der Waals surface area contributed by atoms with Crippen molar-refractivity contribution < 1.29 is 18.0 Å². The molecule has 0 aliphatic heterocycles. The maximum Gasteiger partial charge on any atom is 0.255 e. The van der Waals surface area contributed by atoms with Crippen LogP contribution in [-0.2, 0) is 27.8 Å². The van der Waals surface area contributed by atoms with Crippen LogP contribution in [0, 0.1) is 0 Å². The first-order valence-electron chi connectivity index (χ1n) is 9.97. The molecule has 0 aliphatic rings. The number of benzene rings is 2. The van der Waals surface area contributed by atoms with Gasteiger partial charge in [0.1, 0.15) is 0 Å². The number of hydrogen-bond donors (Lipinski definition) is 3. The van der Waals surface area contributed by atoms with Crippen LogP contribution >= 0.6 is 0 Å². The van der Waals surface area contributed by atoms with E-state index in [1.807, 2.05) is 12.1 Å². The highest BCUT2D eigenvalue weighted by atomic mass is 32.2. The van der Waals surface area contributed by atoms with Crippen LogP contribution in [0.25, 0.3) is 0 Å². The van der Waals surface area contributed by atoms with Gasteiger partial charge in [0.15, 0.2) is 0 Å². The molecule has 9 heteroatoms. The number of pyridine rings is 1. The molecule has 0 aliphatic carbocycles. The van der Waals surface area contributed by atoms with Gasteiger partial charge in [-0.1, -0.05) is 24.3 Å². The second-order valence-corrected chi connectivity index (χ2v) is 8.91. The maximum atomic E-state index is 12.3. The first kappa shape index (κ1) is 23.1. The van der Waals surface area contributed by atoms with Crippen LogP contribution in [0.2, 0.25) is 0 Å². The number of carbonyl (C=O) groups excluding carboxylic acids is 2. The largest absolute Gasteiger partial charge is 0.352 e. The predicted molar refractivity (Wildman–Crippen MR) is 121 cm³/mol. The van der Waals surface area contributed by atoms with E-state index in [4.69, 9.17) is 0 Å². The number of amides is 2. The molecule has 0 saturated heterocycles. The first-order chi connectivity index (χ1) is 15.4. The van der Waals surface area contributed by atoms with Crippen LogP contribution in [0.3, 0.4) is 0 Å². The highest BCUT2D eigenvalue weighted by Gasteiger charge is 2.11. The third kappa shape index (κ3) is 6.47. The number of rotatable bonds is 9. The molecule has 1 heterocycles. The van der Waals surface area contributed by atoms with E-state index in [2.05, 4.69) is 20.3 Å². The van der Waals surface area contributed by atoms with E-state index in [1.165, 1.54) is 19.2 Å². The summed E-state index contributed by atoms with van der Waals surface area (Å²) < 4.78 is 25.8. The second kappa shape index (κ2) is 10.7. The minimum atomic E-state index is -3.47. The summed E-state index contributed by atoms with van der Waals surface area (Å²) in [7, 11) is -2.11.